The molecule has 0 radical (unpaired) electrons. The zero-order valence-corrected chi connectivity index (χ0v) is 10.6. The first kappa shape index (κ1) is 12.0. The molecule has 0 saturated carbocycles. The highest BCUT2D eigenvalue weighted by Crippen LogP contribution is 2.36. The smallest absolute Gasteiger partial charge is 0.161 e. The molecule has 92 valence electrons. The zero-order valence-electron chi connectivity index (χ0n) is 10.6. The Morgan fingerprint density at radius 3 is 2.53 bits per heavy atom. The van der Waals surface area contributed by atoms with Gasteiger partial charge in [0.1, 0.15) is 19.0 Å². The van der Waals surface area contributed by atoms with E-state index < -0.39 is 0 Å². The van der Waals surface area contributed by atoms with Crippen LogP contribution in [-0.4, -0.2) is 19.0 Å². The van der Waals surface area contributed by atoms with Gasteiger partial charge in [0.15, 0.2) is 11.5 Å². The Hall–Kier alpha value is -1.51. The van der Waals surface area contributed by atoms with Crippen LogP contribution in [0.2, 0.25) is 0 Å². The van der Waals surface area contributed by atoms with Crippen molar-refractivity contribution in [1.82, 2.24) is 0 Å². The number of fused-ring (bicyclic) bond motifs is 1. The van der Waals surface area contributed by atoms with Crippen molar-refractivity contribution < 1.29 is 14.3 Å². The van der Waals surface area contributed by atoms with Gasteiger partial charge >= 0.3 is 0 Å². The molecule has 0 spiro atoms. The van der Waals surface area contributed by atoms with Crippen molar-refractivity contribution >= 4 is 5.78 Å². The third-order valence-corrected chi connectivity index (χ3v) is 3.01. The molecule has 0 N–H and O–H groups in total. The molecule has 1 aliphatic heterocycles. The van der Waals surface area contributed by atoms with Crippen LogP contribution in [0, 0.1) is 0 Å². The van der Waals surface area contributed by atoms with Crippen molar-refractivity contribution in [2.24, 2.45) is 0 Å². The summed E-state index contributed by atoms with van der Waals surface area (Å²) in [5.74, 6) is 1.77. The topological polar surface area (TPSA) is 35.5 Å². The molecular formula is C14H18O3. The second kappa shape index (κ2) is 4.40. The van der Waals surface area contributed by atoms with Crippen molar-refractivity contribution in [3.63, 3.8) is 0 Å². The van der Waals surface area contributed by atoms with E-state index in [0.717, 1.165) is 17.1 Å². The van der Waals surface area contributed by atoms with Gasteiger partial charge in [-0.2, -0.15) is 0 Å². The Balaban J connectivity index is 2.30. The highest BCUT2D eigenvalue weighted by atomic mass is 16.6. The molecule has 0 aromatic heterocycles. The number of rotatable bonds is 3. The standard InChI is InChI=1S/C14H18O3/c1-10(15)9-14(2,3)11-4-5-12-13(8-11)17-7-6-16-12/h4-5,8H,6-7,9H2,1-3H3. The van der Waals surface area contributed by atoms with Gasteiger partial charge in [0, 0.05) is 6.42 Å². The highest BCUT2D eigenvalue weighted by molar-refractivity contribution is 5.77. The fourth-order valence-corrected chi connectivity index (χ4v) is 2.19. The summed E-state index contributed by atoms with van der Waals surface area (Å²) in [6, 6.07) is 5.92. The molecule has 0 unspecified atom stereocenters. The normalized spacial score (nSPS) is 14.5. The molecule has 17 heavy (non-hydrogen) atoms. The summed E-state index contributed by atoms with van der Waals surface area (Å²) >= 11 is 0. The number of carbonyl (C=O) groups is 1. The van der Waals surface area contributed by atoms with Crippen LogP contribution in [0.1, 0.15) is 32.8 Å². The molecule has 0 atom stereocenters. The van der Waals surface area contributed by atoms with Gasteiger partial charge in [0.25, 0.3) is 0 Å². The van der Waals surface area contributed by atoms with E-state index in [2.05, 4.69) is 13.8 Å². The molecule has 1 aliphatic rings. The summed E-state index contributed by atoms with van der Waals surface area (Å²) < 4.78 is 11.0. The molecule has 1 heterocycles. The van der Waals surface area contributed by atoms with Gasteiger partial charge in [-0.3, -0.25) is 4.79 Å². The van der Waals surface area contributed by atoms with Gasteiger partial charge in [-0.1, -0.05) is 19.9 Å². The van der Waals surface area contributed by atoms with E-state index in [4.69, 9.17) is 9.47 Å². The first-order chi connectivity index (χ1) is 7.99. The Morgan fingerprint density at radius 1 is 1.24 bits per heavy atom. The third-order valence-electron chi connectivity index (χ3n) is 3.01. The lowest BCUT2D eigenvalue weighted by molar-refractivity contribution is -0.118. The highest BCUT2D eigenvalue weighted by Gasteiger charge is 2.24. The quantitative estimate of drug-likeness (QED) is 0.806. The lowest BCUT2D eigenvalue weighted by atomic mass is 9.80. The molecule has 3 heteroatoms. The van der Waals surface area contributed by atoms with Crippen molar-refractivity contribution in [2.45, 2.75) is 32.6 Å². The van der Waals surface area contributed by atoms with Crippen LogP contribution in [0.4, 0.5) is 0 Å². The first-order valence-electron chi connectivity index (χ1n) is 5.88. The van der Waals surface area contributed by atoms with Gasteiger partial charge in [-0.25, -0.2) is 0 Å². The molecule has 0 amide bonds. The molecule has 3 nitrogen and oxygen atoms in total. The Morgan fingerprint density at radius 2 is 1.88 bits per heavy atom. The van der Waals surface area contributed by atoms with Crippen molar-refractivity contribution in [3.8, 4) is 11.5 Å². The summed E-state index contributed by atoms with van der Waals surface area (Å²) in [5.41, 5.74) is 0.943. The van der Waals surface area contributed by atoms with Gasteiger partial charge in [-0.05, 0) is 30.0 Å². The second-order valence-corrected chi connectivity index (χ2v) is 5.12. The average Bonchev–Trinajstić information content (AvgIpc) is 2.26. The average molecular weight is 234 g/mol. The molecule has 0 aliphatic carbocycles. The molecule has 2 rings (SSSR count). The number of ether oxygens (including phenoxy) is 2. The van der Waals surface area contributed by atoms with Crippen LogP contribution in [-0.2, 0) is 10.2 Å². The van der Waals surface area contributed by atoms with Crippen LogP contribution in [0.25, 0.3) is 0 Å². The number of Topliss-reactive ketones (excluding diaryl/α,β-unsaturated/α-hetero) is 1. The van der Waals surface area contributed by atoms with E-state index in [1.165, 1.54) is 0 Å². The molecular weight excluding hydrogens is 216 g/mol. The molecule has 0 fully saturated rings. The van der Waals surface area contributed by atoms with Crippen LogP contribution < -0.4 is 9.47 Å². The minimum Gasteiger partial charge on any atom is -0.486 e. The fraction of sp³-hybridized carbons (Fsp3) is 0.500. The second-order valence-electron chi connectivity index (χ2n) is 5.12. The minimum absolute atomic E-state index is 0.165. The lowest BCUT2D eigenvalue weighted by Gasteiger charge is -2.26. The summed E-state index contributed by atoms with van der Waals surface area (Å²) in [5, 5.41) is 0. The predicted molar refractivity (Wildman–Crippen MR) is 65.8 cm³/mol. The van der Waals surface area contributed by atoms with Crippen molar-refractivity contribution in [3.05, 3.63) is 23.8 Å². The molecule has 1 aromatic rings. The largest absolute Gasteiger partial charge is 0.486 e. The fourth-order valence-electron chi connectivity index (χ4n) is 2.19. The SMILES string of the molecule is CC(=O)CC(C)(C)c1ccc2c(c1)OCCO2. The van der Waals surface area contributed by atoms with E-state index in [1.54, 1.807) is 6.92 Å². The summed E-state index contributed by atoms with van der Waals surface area (Å²) in [4.78, 5) is 11.3. The number of ketones is 1. The van der Waals surface area contributed by atoms with E-state index in [1.807, 2.05) is 18.2 Å². The maximum absolute atomic E-state index is 11.3. The minimum atomic E-state index is -0.165. The van der Waals surface area contributed by atoms with E-state index in [0.29, 0.717) is 19.6 Å². The van der Waals surface area contributed by atoms with Crippen molar-refractivity contribution in [2.75, 3.05) is 13.2 Å². The molecule has 0 bridgehead atoms. The van der Waals surface area contributed by atoms with E-state index in [-0.39, 0.29) is 11.2 Å². The summed E-state index contributed by atoms with van der Waals surface area (Å²) in [6.07, 6.45) is 0.534. The van der Waals surface area contributed by atoms with Gasteiger partial charge in [-0.15, -0.1) is 0 Å². The number of hydrogen-bond acceptors (Lipinski definition) is 3. The molecule has 0 saturated heterocycles. The number of hydrogen-bond donors (Lipinski definition) is 0. The number of carbonyl (C=O) groups excluding carboxylic acids is 1. The summed E-state index contributed by atoms with van der Waals surface area (Å²) in [6.45, 7) is 6.95. The maximum Gasteiger partial charge on any atom is 0.161 e. The predicted octanol–water partition coefficient (Wildman–Crippen LogP) is 2.71. The maximum atomic E-state index is 11.3. The van der Waals surface area contributed by atoms with Crippen LogP contribution in [0.5, 0.6) is 11.5 Å². The van der Waals surface area contributed by atoms with Gasteiger partial charge in [0.05, 0.1) is 0 Å². The van der Waals surface area contributed by atoms with Crippen LogP contribution in [0.15, 0.2) is 18.2 Å². The van der Waals surface area contributed by atoms with Crippen LogP contribution in [0.3, 0.4) is 0 Å². The zero-order chi connectivity index (χ0) is 12.5. The van der Waals surface area contributed by atoms with Gasteiger partial charge < -0.3 is 9.47 Å². The van der Waals surface area contributed by atoms with E-state index in [9.17, 15) is 4.79 Å². The third kappa shape index (κ3) is 2.60. The number of benzene rings is 1. The van der Waals surface area contributed by atoms with Crippen molar-refractivity contribution in [1.29, 1.82) is 0 Å². The Kier molecular flexibility index (Phi) is 3.09. The first-order valence-corrected chi connectivity index (χ1v) is 5.88. The Bertz CT molecular complexity index is 435. The Labute approximate surface area is 102 Å². The van der Waals surface area contributed by atoms with Gasteiger partial charge in [0.2, 0.25) is 0 Å². The lowest BCUT2D eigenvalue weighted by Crippen LogP contribution is -2.22. The summed E-state index contributed by atoms with van der Waals surface area (Å²) in [7, 11) is 0. The molecule has 1 aromatic carbocycles. The monoisotopic (exact) mass is 234 g/mol. The van der Waals surface area contributed by atoms with Crippen LogP contribution >= 0.6 is 0 Å². The van der Waals surface area contributed by atoms with E-state index >= 15 is 0 Å².